The molecule has 3 aromatic rings. The quantitative estimate of drug-likeness (QED) is 0.494. The minimum atomic E-state index is -3.72. The molecule has 0 unspecified atom stereocenters. The van der Waals surface area contributed by atoms with Gasteiger partial charge in [-0.15, -0.1) is 11.8 Å². The Kier molecular flexibility index (Phi) is 6.84. The summed E-state index contributed by atoms with van der Waals surface area (Å²) in [6.07, 6.45) is 0. The van der Waals surface area contributed by atoms with Crippen LogP contribution in [0.4, 0.5) is 11.4 Å². The van der Waals surface area contributed by atoms with Gasteiger partial charge >= 0.3 is 0 Å². The third kappa shape index (κ3) is 5.64. The van der Waals surface area contributed by atoms with E-state index in [9.17, 15) is 13.2 Å². The number of carbonyl (C=O) groups excluding carboxylic acids is 1. The third-order valence-corrected chi connectivity index (χ3v) is 6.99. The Hall–Kier alpha value is -2.77. The molecule has 0 saturated carbocycles. The van der Waals surface area contributed by atoms with E-state index in [4.69, 9.17) is 0 Å². The molecule has 2 N–H and O–H groups in total. The molecule has 0 saturated heterocycles. The summed E-state index contributed by atoms with van der Waals surface area (Å²) in [6, 6.07) is 21.5. The van der Waals surface area contributed by atoms with Crippen molar-refractivity contribution in [2.45, 2.75) is 35.8 Å². The highest BCUT2D eigenvalue weighted by Gasteiger charge is 2.17. The van der Waals surface area contributed by atoms with Gasteiger partial charge in [-0.3, -0.25) is 9.52 Å². The van der Waals surface area contributed by atoms with Crippen LogP contribution in [0.3, 0.4) is 0 Å². The van der Waals surface area contributed by atoms with E-state index in [2.05, 4.69) is 10.0 Å². The first kappa shape index (κ1) is 21.9. The highest BCUT2D eigenvalue weighted by atomic mass is 32.2. The van der Waals surface area contributed by atoms with E-state index in [0.29, 0.717) is 11.4 Å². The van der Waals surface area contributed by atoms with Crippen molar-refractivity contribution >= 4 is 39.1 Å². The maximum Gasteiger partial charge on any atom is 0.261 e. The first-order valence-electron chi connectivity index (χ1n) is 9.47. The number of carbonyl (C=O) groups is 1. The average molecular weight is 441 g/mol. The molecule has 7 heteroatoms. The fraction of sp³-hybridized carbons (Fsp3) is 0.174. The number of amides is 1. The Morgan fingerprint density at radius 1 is 0.933 bits per heavy atom. The standard InChI is InChI=1S/C23H24N2O3S2/c1-16-9-10-17(2)22(15-16)25-30(27,28)21-13-11-19(12-14-21)24-23(26)18(3)29-20-7-5-4-6-8-20/h4-15,18,25H,1-3H3,(H,24,26)/t18-/m0/s1. The average Bonchev–Trinajstić information content (AvgIpc) is 2.71. The van der Waals surface area contributed by atoms with E-state index in [1.54, 1.807) is 18.2 Å². The zero-order valence-electron chi connectivity index (χ0n) is 17.0. The molecule has 0 radical (unpaired) electrons. The molecule has 3 rings (SSSR count). The molecular weight excluding hydrogens is 416 g/mol. The van der Waals surface area contributed by atoms with Crippen molar-refractivity contribution in [1.82, 2.24) is 0 Å². The summed E-state index contributed by atoms with van der Waals surface area (Å²) < 4.78 is 28.0. The lowest BCUT2D eigenvalue weighted by Crippen LogP contribution is -2.22. The van der Waals surface area contributed by atoms with Crippen molar-refractivity contribution in [2.75, 3.05) is 10.0 Å². The first-order chi connectivity index (χ1) is 14.2. The maximum absolute atomic E-state index is 12.7. The van der Waals surface area contributed by atoms with Crippen LogP contribution in [-0.4, -0.2) is 19.6 Å². The molecule has 0 heterocycles. The third-order valence-electron chi connectivity index (χ3n) is 4.49. The Balaban J connectivity index is 1.66. The van der Waals surface area contributed by atoms with Crippen molar-refractivity contribution in [3.05, 3.63) is 83.9 Å². The summed E-state index contributed by atoms with van der Waals surface area (Å²) in [5, 5.41) is 2.54. The molecule has 0 fully saturated rings. The molecule has 30 heavy (non-hydrogen) atoms. The lowest BCUT2D eigenvalue weighted by Gasteiger charge is -2.13. The van der Waals surface area contributed by atoms with Crippen LogP contribution in [0.2, 0.25) is 0 Å². The maximum atomic E-state index is 12.7. The van der Waals surface area contributed by atoms with Gasteiger partial charge in [0.15, 0.2) is 0 Å². The van der Waals surface area contributed by atoms with Gasteiger partial charge in [0, 0.05) is 10.6 Å². The molecule has 0 aliphatic heterocycles. The van der Waals surface area contributed by atoms with Crippen LogP contribution in [0.15, 0.2) is 82.6 Å². The molecule has 0 aromatic heterocycles. The number of anilines is 2. The fourth-order valence-corrected chi connectivity index (χ4v) is 4.78. The van der Waals surface area contributed by atoms with E-state index in [0.717, 1.165) is 16.0 Å². The minimum Gasteiger partial charge on any atom is -0.325 e. The van der Waals surface area contributed by atoms with Crippen LogP contribution in [0.5, 0.6) is 0 Å². The zero-order chi connectivity index (χ0) is 21.7. The van der Waals surface area contributed by atoms with E-state index in [1.165, 1.54) is 23.9 Å². The molecule has 1 atom stereocenters. The highest BCUT2D eigenvalue weighted by Crippen LogP contribution is 2.25. The number of hydrogen-bond acceptors (Lipinski definition) is 4. The zero-order valence-corrected chi connectivity index (χ0v) is 18.7. The summed E-state index contributed by atoms with van der Waals surface area (Å²) in [5.41, 5.74) is 2.92. The summed E-state index contributed by atoms with van der Waals surface area (Å²) >= 11 is 1.46. The second-order valence-electron chi connectivity index (χ2n) is 7.01. The van der Waals surface area contributed by atoms with Crippen molar-refractivity contribution in [3.8, 4) is 0 Å². The number of rotatable bonds is 7. The second-order valence-corrected chi connectivity index (χ2v) is 10.1. The van der Waals surface area contributed by atoms with Crippen molar-refractivity contribution in [1.29, 1.82) is 0 Å². The second kappa shape index (κ2) is 9.36. The van der Waals surface area contributed by atoms with Crippen LogP contribution in [-0.2, 0) is 14.8 Å². The van der Waals surface area contributed by atoms with E-state index in [-0.39, 0.29) is 16.1 Å². The summed E-state index contributed by atoms with van der Waals surface area (Å²) in [5.74, 6) is -0.145. The van der Waals surface area contributed by atoms with Gasteiger partial charge in [0.05, 0.1) is 15.8 Å². The molecule has 5 nitrogen and oxygen atoms in total. The molecule has 1 amide bonds. The number of aryl methyl sites for hydroxylation is 2. The fourth-order valence-electron chi connectivity index (χ4n) is 2.77. The Labute approximate surface area is 182 Å². The van der Waals surface area contributed by atoms with Crippen LogP contribution < -0.4 is 10.0 Å². The van der Waals surface area contributed by atoms with Crippen molar-refractivity contribution < 1.29 is 13.2 Å². The monoisotopic (exact) mass is 440 g/mol. The SMILES string of the molecule is Cc1ccc(C)c(NS(=O)(=O)c2ccc(NC(=O)[C@H](C)Sc3ccccc3)cc2)c1. The molecule has 0 aliphatic carbocycles. The Bertz CT molecular complexity index is 1130. The number of hydrogen-bond donors (Lipinski definition) is 2. The smallest absolute Gasteiger partial charge is 0.261 e. The normalized spacial score (nSPS) is 12.2. The minimum absolute atomic E-state index is 0.133. The predicted octanol–water partition coefficient (Wildman–Crippen LogP) is 5.22. The van der Waals surface area contributed by atoms with Gasteiger partial charge in [0.2, 0.25) is 5.91 Å². The number of thioether (sulfide) groups is 1. The highest BCUT2D eigenvalue weighted by molar-refractivity contribution is 8.00. The van der Waals surface area contributed by atoms with Gasteiger partial charge in [0.1, 0.15) is 0 Å². The molecule has 3 aromatic carbocycles. The molecule has 0 spiro atoms. The number of sulfonamides is 1. The Morgan fingerprint density at radius 2 is 1.60 bits per heavy atom. The summed E-state index contributed by atoms with van der Waals surface area (Å²) in [4.78, 5) is 13.6. The summed E-state index contributed by atoms with van der Waals surface area (Å²) in [7, 11) is -3.72. The van der Waals surface area contributed by atoms with Gasteiger partial charge in [-0.1, -0.05) is 30.3 Å². The van der Waals surface area contributed by atoms with Gasteiger partial charge in [0.25, 0.3) is 10.0 Å². The van der Waals surface area contributed by atoms with Crippen LogP contribution in [0.1, 0.15) is 18.1 Å². The van der Waals surface area contributed by atoms with Gasteiger partial charge in [-0.2, -0.15) is 0 Å². The van der Waals surface area contributed by atoms with Crippen LogP contribution in [0, 0.1) is 13.8 Å². The van der Waals surface area contributed by atoms with Crippen LogP contribution >= 0.6 is 11.8 Å². The molecule has 0 bridgehead atoms. The van der Waals surface area contributed by atoms with Gasteiger partial charge < -0.3 is 5.32 Å². The van der Waals surface area contributed by atoms with Crippen molar-refractivity contribution in [2.24, 2.45) is 0 Å². The van der Waals surface area contributed by atoms with Gasteiger partial charge in [-0.05, 0) is 74.4 Å². The van der Waals surface area contributed by atoms with Gasteiger partial charge in [-0.25, -0.2) is 8.42 Å². The largest absolute Gasteiger partial charge is 0.325 e. The molecular formula is C23H24N2O3S2. The topological polar surface area (TPSA) is 75.3 Å². The number of nitrogens with one attached hydrogen (secondary N) is 2. The number of benzene rings is 3. The van der Waals surface area contributed by atoms with E-state index in [1.807, 2.05) is 63.2 Å². The lowest BCUT2D eigenvalue weighted by atomic mass is 10.1. The molecule has 156 valence electrons. The molecule has 0 aliphatic rings. The Morgan fingerprint density at radius 3 is 2.27 bits per heavy atom. The summed E-state index contributed by atoms with van der Waals surface area (Å²) in [6.45, 7) is 5.59. The van der Waals surface area contributed by atoms with E-state index >= 15 is 0 Å². The van der Waals surface area contributed by atoms with Crippen LogP contribution in [0.25, 0.3) is 0 Å². The van der Waals surface area contributed by atoms with E-state index < -0.39 is 10.0 Å². The predicted molar refractivity (Wildman–Crippen MR) is 124 cm³/mol. The lowest BCUT2D eigenvalue weighted by molar-refractivity contribution is -0.115. The van der Waals surface area contributed by atoms with Crippen molar-refractivity contribution in [3.63, 3.8) is 0 Å². The first-order valence-corrected chi connectivity index (χ1v) is 11.8.